The van der Waals surface area contributed by atoms with Crippen molar-refractivity contribution in [3.8, 4) is 11.4 Å². The SMILES string of the molecule is CC[C@H]1CN(C(=O)c2ccc(-c3noc(C4CC4)n3)cc2)CCN1. The summed E-state index contributed by atoms with van der Waals surface area (Å²) in [6.45, 7) is 4.52. The molecule has 0 radical (unpaired) electrons. The molecule has 2 fully saturated rings. The second kappa shape index (κ2) is 6.36. The van der Waals surface area contributed by atoms with Gasteiger partial charge in [-0.1, -0.05) is 24.2 Å². The van der Waals surface area contributed by atoms with Crippen molar-refractivity contribution in [2.24, 2.45) is 0 Å². The Bertz CT molecular complexity index is 721. The highest BCUT2D eigenvalue weighted by atomic mass is 16.5. The third-order valence-corrected chi connectivity index (χ3v) is 4.79. The van der Waals surface area contributed by atoms with Crippen LogP contribution in [0.5, 0.6) is 0 Å². The summed E-state index contributed by atoms with van der Waals surface area (Å²) in [7, 11) is 0. The van der Waals surface area contributed by atoms with E-state index in [1.165, 1.54) is 0 Å². The summed E-state index contributed by atoms with van der Waals surface area (Å²) in [5.41, 5.74) is 1.59. The van der Waals surface area contributed by atoms with Gasteiger partial charge >= 0.3 is 0 Å². The fourth-order valence-electron chi connectivity index (χ4n) is 3.08. The third kappa shape index (κ3) is 3.06. The number of nitrogens with one attached hydrogen (secondary N) is 1. The summed E-state index contributed by atoms with van der Waals surface area (Å²) >= 11 is 0. The fourth-order valence-corrected chi connectivity index (χ4v) is 3.08. The maximum Gasteiger partial charge on any atom is 0.253 e. The van der Waals surface area contributed by atoms with Crippen LogP contribution >= 0.6 is 0 Å². The minimum absolute atomic E-state index is 0.0910. The van der Waals surface area contributed by atoms with Crippen molar-refractivity contribution in [2.75, 3.05) is 19.6 Å². The van der Waals surface area contributed by atoms with Gasteiger partial charge in [0.25, 0.3) is 5.91 Å². The molecule has 1 aliphatic carbocycles. The molecule has 0 bridgehead atoms. The molecule has 24 heavy (non-hydrogen) atoms. The molecule has 1 aromatic heterocycles. The first-order valence-corrected chi connectivity index (χ1v) is 8.71. The number of carbonyl (C=O) groups is 1. The van der Waals surface area contributed by atoms with Crippen molar-refractivity contribution in [1.29, 1.82) is 0 Å². The Morgan fingerprint density at radius 1 is 1.33 bits per heavy atom. The summed E-state index contributed by atoms with van der Waals surface area (Å²) in [6, 6.07) is 7.89. The van der Waals surface area contributed by atoms with Gasteiger partial charge < -0.3 is 14.7 Å². The molecular weight excluding hydrogens is 304 g/mol. The fraction of sp³-hybridized carbons (Fsp3) is 0.500. The summed E-state index contributed by atoms with van der Waals surface area (Å²) < 4.78 is 5.30. The largest absolute Gasteiger partial charge is 0.339 e. The quantitative estimate of drug-likeness (QED) is 0.934. The van der Waals surface area contributed by atoms with E-state index in [2.05, 4.69) is 22.4 Å². The molecular formula is C18H22N4O2. The van der Waals surface area contributed by atoms with Gasteiger partial charge in [0.1, 0.15) is 0 Å². The van der Waals surface area contributed by atoms with Gasteiger partial charge in [0, 0.05) is 42.7 Å². The minimum atomic E-state index is 0.0910. The van der Waals surface area contributed by atoms with Crippen molar-refractivity contribution in [1.82, 2.24) is 20.4 Å². The topological polar surface area (TPSA) is 71.3 Å². The first-order chi connectivity index (χ1) is 11.7. The van der Waals surface area contributed by atoms with Crippen LogP contribution in [0.3, 0.4) is 0 Å². The molecule has 4 rings (SSSR count). The van der Waals surface area contributed by atoms with E-state index >= 15 is 0 Å². The lowest BCUT2D eigenvalue weighted by atomic mass is 10.1. The second-order valence-corrected chi connectivity index (χ2v) is 6.62. The molecule has 1 saturated carbocycles. The number of benzene rings is 1. The molecule has 2 aromatic rings. The molecule has 1 aromatic carbocycles. The van der Waals surface area contributed by atoms with E-state index in [1.54, 1.807) is 0 Å². The summed E-state index contributed by atoms with van der Waals surface area (Å²) in [6.07, 6.45) is 3.31. The van der Waals surface area contributed by atoms with Gasteiger partial charge in [0.05, 0.1) is 0 Å². The van der Waals surface area contributed by atoms with Crippen LogP contribution in [0.1, 0.15) is 48.4 Å². The normalized spacial score (nSPS) is 21.0. The molecule has 6 heteroatoms. The first-order valence-electron chi connectivity index (χ1n) is 8.71. The molecule has 126 valence electrons. The lowest BCUT2D eigenvalue weighted by molar-refractivity contribution is 0.0701. The van der Waals surface area contributed by atoms with E-state index < -0.39 is 0 Å². The predicted molar refractivity (Wildman–Crippen MR) is 89.7 cm³/mol. The highest BCUT2D eigenvalue weighted by Crippen LogP contribution is 2.39. The van der Waals surface area contributed by atoms with Crippen LogP contribution in [0.4, 0.5) is 0 Å². The van der Waals surface area contributed by atoms with Crippen LogP contribution in [0.15, 0.2) is 28.8 Å². The zero-order valence-corrected chi connectivity index (χ0v) is 13.9. The van der Waals surface area contributed by atoms with Crippen LogP contribution in [-0.2, 0) is 0 Å². The Kier molecular flexibility index (Phi) is 4.06. The average Bonchev–Trinajstić information content (AvgIpc) is 3.38. The van der Waals surface area contributed by atoms with Crippen LogP contribution in [-0.4, -0.2) is 46.6 Å². The number of amides is 1. The number of rotatable bonds is 4. The van der Waals surface area contributed by atoms with Gasteiger partial charge in [-0.2, -0.15) is 4.98 Å². The number of hydrogen-bond donors (Lipinski definition) is 1. The second-order valence-electron chi connectivity index (χ2n) is 6.62. The van der Waals surface area contributed by atoms with E-state index in [0.717, 1.165) is 50.4 Å². The summed E-state index contributed by atoms with van der Waals surface area (Å²) in [4.78, 5) is 19.0. The Morgan fingerprint density at radius 2 is 2.12 bits per heavy atom. The monoisotopic (exact) mass is 326 g/mol. The Balaban J connectivity index is 1.47. The van der Waals surface area contributed by atoms with Crippen LogP contribution in [0.25, 0.3) is 11.4 Å². The smallest absolute Gasteiger partial charge is 0.253 e. The third-order valence-electron chi connectivity index (χ3n) is 4.79. The number of carbonyl (C=O) groups excluding carboxylic acids is 1. The molecule has 6 nitrogen and oxygen atoms in total. The van der Waals surface area contributed by atoms with Crippen molar-refractivity contribution in [3.05, 3.63) is 35.7 Å². The average molecular weight is 326 g/mol. The van der Waals surface area contributed by atoms with E-state index in [0.29, 0.717) is 23.3 Å². The lowest BCUT2D eigenvalue weighted by Crippen LogP contribution is -2.52. The number of piperazine rings is 1. The van der Waals surface area contributed by atoms with Crippen LogP contribution < -0.4 is 5.32 Å². The molecule has 1 amide bonds. The van der Waals surface area contributed by atoms with Gasteiger partial charge in [0.2, 0.25) is 11.7 Å². The van der Waals surface area contributed by atoms with Gasteiger partial charge in [0.15, 0.2) is 0 Å². The highest BCUT2D eigenvalue weighted by molar-refractivity contribution is 5.94. The van der Waals surface area contributed by atoms with Crippen molar-refractivity contribution in [2.45, 2.75) is 38.1 Å². The van der Waals surface area contributed by atoms with E-state index in [4.69, 9.17) is 4.52 Å². The van der Waals surface area contributed by atoms with E-state index in [-0.39, 0.29) is 5.91 Å². The van der Waals surface area contributed by atoms with Crippen LogP contribution in [0.2, 0.25) is 0 Å². The Hall–Kier alpha value is -2.21. The highest BCUT2D eigenvalue weighted by Gasteiger charge is 2.30. The maximum absolute atomic E-state index is 12.7. The molecule has 1 N–H and O–H groups in total. The molecule has 2 heterocycles. The van der Waals surface area contributed by atoms with Crippen molar-refractivity contribution in [3.63, 3.8) is 0 Å². The van der Waals surface area contributed by atoms with Gasteiger partial charge in [-0.25, -0.2) is 0 Å². The van der Waals surface area contributed by atoms with E-state index in [9.17, 15) is 4.79 Å². The molecule has 1 atom stereocenters. The zero-order chi connectivity index (χ0) is 16.5. The molecule has 1 saturated heterocycles. The Labute approximate surface area is 141 Å². The summed E-state index contributed by atoms with van der Waals surface area (Å²) in [5, 5.41) is 7.47. The maximum atomic E-state index is 12.7. The van der Waals surface area contributed by atoms with Crippen molar-refractivity contribution < 1.29 is 9.32 Å². The van der Waals surface area contributed by atoms with Crippen LogP contribution in [0, 0.1) is 0 Å². The number of nitrogens with zero attached hydrogens (tertiary/aromatic N) is 3. The standard InChI is InChI=1S/C18H22N4O2/c1-2-15-11-22(10-9-19-15)18(23)14-7-3-12(4-8-14)16-20-17(24-21-16)13-5-6-13/h3-4,7-8,13,15,19H,2,5-6,9-11H2,1H3/t15-/m0/s1. The predicted octanol–water partition coefficient (Wildman–Crippen LogP) is 2.44. The number of aromatic nitrogens is 2. The lowest BCUT2D eigenvalue weighted by Gasteiger charge is -2.33. The molecule has 0 spiro atoms. The minimum Gasteiger partial charge on any atom is -0.339 e. The first kappa shape index (κ1) is 15.3. The molecule has 1 aliphatic heterocycles. The van der Waals surface area contributed by atoms with Gasteiger partial charge in [-0.3, -0.25) is 4.79 Å². The molecule has 2 aliphatic rings. The summed E-state index contributed by atoms with van der Waals surface area (Å²) in [5.74, 6) is 1.88. The van der Waals surface area contributed by atoms with Crippen molar-refractivity contribution >= 4 is 5.91 Å². The molecule has 0 unspecified atom stereocenters. The van der Waals surface area contributed by atoms with Gasteiger partial charge in [-0.15, -0.1) is 0 Å². The van der Waals surface area contributed by atoms with Gasteiger partial charge in [-0.05, 0) is 31.4 Å². The van der Waals surface area contributed by atoms with E-state index in [1.807, 2.05) is 29.2 Å². The zero-order valence-electron chi connectivity index (χ0n) is 13.9. The number of hydrogen-bond acceptors (Lipinski definition) is 5. The Morgan fingerprint density at radius 3 is 2.83 bits per heavy atom.